The third kappa shape index (κ3) is 4.58. The van der Waals surface area contributed by atoms with E-state index >= 15 is 0 Å². The summed E-state index contributed by atoms with van der Waals surface area (Å²) in [5.41, 5.74) is 2.91. The molecule has 0 spiro atoms. The number of piperazine rings is 1. The van der Waals surface area contributed by atoms with Crippen LogP contribution in [0.25, 0.3) is 21.3 Å². The molecule has 9 heteroatoms. The Kier molecular flexibility index (Phi) is 5.83. The van der Waals surface area contributed by atoms with Crippen molar-refractivity contribution in [1.82, 2.24) is 14.8 Å². The van der Waals surface area contributed by atoms with Crippen LogP contribution >= 0.6 is 11.3 Å². The van der Waals surface area contributed by atoms with E-state index < -0.39 is 11.9 Å². The van der Waals surface area contributed by atoms with Gasteiger partial charge < -0.3 is 14.6 Å². The van der Waals surface area contributed by atoms with Gasteiger partial charge in [-0.1, -0.05) is 0 Å². The van der Waals surface area contributed by atoms with Gasteiger partial charge in [0.2, 0.25) is 0 Å². The van der Waals surface area contributed by atoms with Gasteiger partial charge in [0, 0.05) is 84.3 Å². The molecule has 1 aliphatic carbocycles. The first-order valence-electron chi connectivity index (χ1n) is 12.0. The lowest BCUT2D eigenvalue weighted by Gasteiger charge is -2.34. The monoisotopic (exact) mass is 490 g/mol. The molecule has 3 fully saturated rings. The number of benzene rings is 1. The van der Waals surface area contributed by atoms with Crippen LogP contribution < -0.4 is 4.90 Å². The molecule has 2 aliphatic heterocycles. The van der Waals surface area contributed by atoms with Gasteiger partial charge in [-0.3, -0.25) is 9.80 Å². The van der Waals surface area contributed by atoms with Crippen LogP contribution in [0.2, 0.25) is 0 Å². The summed E-state index contributed by atoms with van der Waals surface area (Å²) in [7, 11) is 0. The van der Waals surface area contributed by atoms with E-state index in [0.717, 1.165) is 73.5 Å². The first-order valence-corrected chi connectivity index (χ1v) is 12.9. The maximum Gasteiger partial charge on any atom is 0.431 e. The molecule has 1 aromatic carbocycles. The molecular formula is C25H29F3N4OS. The summed E-state index contributed by atoms with van der Waals surface area (Å²) in [5, 5.41) is 2.73. The molecule has 0 radical (unpaired) electrons. The number of aromatic amines is 1. The molecular weight excluding hydrogens is 461 g/mol. The van der Waals surface area contributed by atoms with Crippen LogP contribution in [0.4, 0.5) is 18.9 Å². The van der Waals surface area contributed by atoms with Crippen molar-refractivity contribution in [3.63, 3.8) is 0 Å². The summed E-state index contributed by atoms with van der Waals surface area (Å²) in [6, 6.07) is 8.15. The van der Waals surface area contributed by atoms with Crippen LogP contribution in [0.3, 0.4) is 0 Å². The zero-order valence-corrected chi connectivity index (χ0v) is 19.9. The van der Waals surface area contributed by atoms with Crippen LogP contribution in [0.5, 0.6) is 0 Å². The number of nitrogens with one attached hydrogen (secondary N) is 1. The summed E-state index contributed by atoms with van der Waals surface area (Å²) in [6.45, 7) is 7.98. The van der Waals surface area contributed by atoms with Crippen molar-refractivity contribution in [2.45, 2.75) is 31.6 Å². The number of aromatic nitrogens is 1. The lowest BCUT2D eigenvalue weighted by Crippen LogP contribution is -2.46. The standard InChI is InChI=1S/C25H29F3N4OS/c26-25(27,28)24-14-20-21(23-13-19(16-34-23)32-7-9-33-10-8-32)11-17(12-22(20)29-24)15-30-3-5-31(6-4-30)18-1-2-18/h11-14,16,18,29H,1-10,15H2. The van der Waals surface area contributed by atoms with Crippen molar-refractivity contribution in [2.75, 3.05) is 57.4 Å². The molecule has 0 bridgehead atoms. The van der Waals surface area contributed by atoms with Gasteiger partial charge in [-0.05, 0) is 42.7 Å². The highest BCUT2D eigenvalue weighted by Gasteiger charge is 2.34. The molecule has 0 unspecified atom stereocenters. The first kappa shape index (κ1) is 22.4. The molecule has 3 aliphatic rings. The second-order valence-corrected chi connectivity index (χ2v) is 10.5. The van der Waals surface area contributed by atoms with E-state index in [4.69, 9.17) is 4.74 Å². The fourth-order valence-electron chi connectivity index (χ4n) is 5.18. The number of halogens is 3. The van der Waals surface area contributed by atoms with Gasteiger partial charge in [-0.15, -0.1) is 11.3 Å². The zero-order chi connectivity index (χ0) is 23.3. The lowest BCUT2D eigenvalue weighted by molar-refractivity contribution is -0.140. The van der Waals surface area contributed by atoms with Gasteiger partial charge in [0.25, 0.3) is 0 Å². The minimum atomic E-state index is -4.40. The van der Waals surface area contributed by atoms with E-state index in [1.165, 1.54) is 18.9 Å². The normalized spacial score (nSPS) is 21.0. The molecule has 1 N–H and O–H groups in total. The Balaban J connectivity index is 1.31. The Hall–Kier alpha value is -2.07. The maximum atomic E-state index is 13.5. The van der Waals surface area contributed by atoms with Crippen molar-refractivity contribution >= 4 is 27.9 Å². The minimum absolute atomic E-state index is 0.553. The molecule has 4 heterocycles. The van der Waals surface area contributed by atoms with E-state index in [0.29, 0.717) is 24.1 Å². The minimum Gasteiger partial charge on any atom is -0.378 e. The average Bonchev–Trinajstić information content (AvgIpc) is 3.38. The number of hydrogen-bond donors (Lipinski definition) is 1. The Morgan fingerprint density at radius 3 is 2.44 bits per heavy atom. The van der Waals surface area contributed by atoms with E-state index in [-0.39, 0.29) is 0 Å². The number of morpholine rings is 1. The van der Waals surface area contributed by atoms with Crippen molar-refractivity contribution in [1.29, 1.82) is 0 Å². The fourth-order valence-corrected chi connectivity index (χ4v) is 6.13. The number of H-pyrrole nitrogens is 1. The van der Waals surface area contributed by atoms with Crippen molar-refractivity contribution < 1.29 is 17.9 Å². The number of rotatable bonds is 5. The van der Waals surface area contributed by atoms with Crippen LogP contribution in [0, 0.1) is 0 Å². The summed E-state index contributed by atoms with van der Waals surface area (Å²) < 4.78 is 46.0. The number of alkyl halides is 3. The second-order valence-electron chi connectivity index (χ2n) is 9.60. The highest BCUT2D eigenvalue weighted by molar-refractivity contribution is 7.14. The van der Waals surface area contributed by atoms with Crippen LogP contribution in [0.15, 0.2) is 29.6 Å². The van der Waals surface area contributed by atoms with Gasteiger partial charge in [-0.25, -0.2) is 0 Å². The van der Waals surface area contributed by atoms with E-state index in [9.17, 15) is 13.2 Å². The molecule has 2 saturated heterocycles. The Morgan fingerprint density at radius 1 is 0.971 bits per heavy atom. The molecule has 2 aromatic heterocycles. The van der Waals surface area contributed by atoms with Crippen molar-refractivity contribution in [2.24, 2.45) is 0 Å². The van der Waals surface area contributed by atoms with Crippen LogP contribution in [-0.4, -0.2) is 73.3 Å². The number of fused-ring (bicyclic) bond motifs is 1. The molecule has 5 nitrogen and oxygen atoms in total. The zero-order valence-electron chi connectivity index (χ0n) is 19.0. The van der Waals surface area contributed by atoms with E-state index in [1.54, 1.807) is 11.3 Å². The van der Waals surface area contributed by atoms with Crippen molar-refractivity contribution in [3.05, 3.63) is 40.9 Å². The summed E-state index contributed by atoms with van der Waals surface area (Å²) in [6.07, 6.45) is -1.76. The lowest BCUT2D eigenvalue weighted by atomic mass is 10.0. The quantitative estimate of drug-likeness (QED) is 0.544. The molecule has 1 saturated carbocycles. The Morgan fingerprint density at radius 2 is 1.74 bits per heavy atom. The Bertz CT molecular complexity index is 1150. The highest BCUT2D eigenvalue weighted by Crippen LogP contribution is 2.40. The number of ether oxygens (including phenoxy) is 1. The number of thiophene rings is 1. The summed E-state index contributed by atoms with van der Waals surface area (Å²) >= 11 is 1.60. The first-order chi connectivity index (χ1) is 16.4. The van der Waals surface area contributed by atoms with E-state index in [1.807, 2.05) is 6.07 Å². The average molecular weight is 491 g/mol. The van der Waals surface area contributed by atoms with Gasteiger partial charge in [-0.2, -0.15) is 13.2 Å². The topological polar surface area (TPSA) is 34.7 Å². The predicted octanol–water partition coefficient (Wildman–Crippen LogP) is 5.03. The van der Waals surface area contributed by atoms with Crippen LogP contribution in [-0.2, 0) is 17.5 Å². The van der Waals surface area contributed by atoms with Gasteiger partial charge in [0.1, 0.15) is 5.69 Å². The molecule has 34 heavy (non-hydrogen) atoms. The SMILES string of the molecule is FC(F)(F)c1cc2c(-c3cc(N4CCOCC4)cs3)cc(CN3CCN(C4CC4)CC3)cc2[nH]1. The number of anilines is 1. The largest absolute Gasteiger partial charge is 0.431 e. The molecule has 182 valence electrons. The summed E-state index contributed by atoms with van der Waals surface area (Å²) in [5.74, 6) is 0. The van der Waals surface area contributed by atoms with Gasteiger partial charge in [0.15, 0.2) is 0 Å². The summed E-state index contributed by atoms with van der Waals surface area (Å²) in [4.78, 5) is 10.9. The van der Waals surface area contributed by atoms with E-state index in [2.05, 4.69) is 37.2 Å². The smallest absolute Gasteiger partial charge is 0.378 e. The Labute approximate surface area is 201 Å². The second kappa shape index (κ2) is 8.86. The number of nitrogens with zero attached hydrogens (tertiary/aromatic N) is 3. The predicted molar refractivity (Wildman–Crippen MR) is 130 cm³/mol. The highest BCUT2D eigenvalue weighted by atomic mass is 32.1. The van der Waals surface area contributed by atoms with Crippen LogP contribution in [0.1, 0.15) is 24.1 Å². The molecule has 0 amide bonds. The third-order valence-corrected chi connectivity index (χ3v) is 8.16. The van der Waals surface area contributed by atoms with Gasteiger partial charge >= 0.3 is 6.18 Å². The van der Waals surface area contributed by atoms with Gasteiger partial charge in [0.05, 0.1) is 13.2 Å². The number of hydrogen-bond acceptors (Lipinski definition) is 5. The molecule has 3 aromatic rings. The molecule has 6 rings (SSSR count). The molecule has 0 atom stereocenters. The fraction of sp³-hybridized carbons (Fsp3) is 0.520. The maximum absolute atomic E-state index is 13.5. The third-order valence-electron chi connectivity index (χ3n) is 7.21. The van der Waals surface area contributed by atoms with Crippen molar-refractivity contribution in [3.8, 4) is 10.4 Å².